The lowest BCUT2D eigenvalue weighted by molar-refractivity contribution is -0.177. The Morgan fingerprint density at radius 2 is 1.61 bits per heavy atom. The number of ketones is 3. The lowest BCUT2D eigenvalue weighted by atomic mass is 9.61. The Kier molecular flexibility index (Phi) is 4.84. The molecular formula is C26H32O7. The van der Waals surface area contributed by atoms with Gasteiger partial charge in [0.2, 0.25) is 0 Å². The summed E-state index contributed by atoms with van der Waals surface area (Å²) in [5.74, 6) is -3.87. The Hall–Kier alpha value is -2.83. The van der Waals surface area contributed by atoms with Crippen LogP contribution < -0.4 is 4.74 Å². The predicted octanol–water partition coefficient (Wildman–Crippen LogP) is 4.64. The zero-order valence-electron chi connectivity index (χ0n) is 20.5. The first-order chi connectivity index (χ1) is 15.1. The first-order valence-electron chi connectivity index (χ1n) is 11.4. The van der Waals surface area contributed by atoms with Crippen molar-refractivity contribution in [3.8, 4) is 17.2 Å². The Morgan fingerprint density at radius 3 is 2.15 bits per heavy atom. The molecule has 2 heterocycles. The van der Waals surface area contributed by atoms with Gasteiger partial charge in [-0.2, -0.15) is 0 Å². The second-order valence-electron chi connectivity index (χ2n) is 11.2. The van der Waals surface area contributed by atoms with Crippen molar-refractivity contribution in [2.75, 3.05) is 0 Å². The Balaban J connectivity index is 2.03. The first kappa shape index (κ1) is 23.3. The number of phenols is 2. The second-order valence-corrected chi connectivity index (χ2v) is 11.2. The molecule has 0 aromatic heterocycles. The van der Waals surface area contributed by atoms with E-state index in [9.17, 15) is 24.6 Å². The summed E-state index contributed by atoms with van der Waals surface area (Å²) in [5, 5.41) is 21.5. The highest BCUT2D eigenvalue weighted by Crippen LogP contribution is 2.66. The van der Waals surface area contributed by atoms with E-state index in [1.165, 1.54) is 0 Å². The molecule has 0 saturated carbocycles. The van der Waals surface area contributed by atoms with Crippen LogP contribution in [0.4, 0.5) is 0 Å². The highest BCUT2D eigenvalue weighted by atomic mass is 16.7. The van der Waals surface area contributed by atoms with Crippen molar-refractivity contribution in [3.63, 3.8) is 0 Å². The number of ether oxygens (including phenoxy) is 2. The van der Waals surface area contributed by atoms with Gasteiger partial charge in [0.15, 0.2) is 17.3 Å². The van der Waals surface area contributed by atoms with Crippen LogP contribution >= 0.6 is 0 Å². The van der Waals surface area contributed by atoms with E-state index in [0.717, 1.165) is 6.07 Å². The molecule has 0 saturated heterocycles. The third kappa shape index (κ3) is 2.83. The molecule has 0 unspecified atom stereocenters. The number of benzene rings is 1. The van der Waals surface area contributed by atoms with Gasteiger partial charge in [-0.25, -0.2) is 0 Å². The smallest absolute Gasteiger partial charge is 0.264 e. The second kappa shape index (κ2) is 6.84. The molecule has 1 aliphatic carbocycles. The summed E-state index contributed by atoms with van der Waals surface area (Å²) >= 11 is 0. The number of hydrogen-bond acceptors (Lipinski definition) is 7. The number of phenolic OH excluding ortho intramolecular Hbond substituents is 2. The van der Waals surface area contributed by atoms with Crippen molar-refractivity contribution in [1.82, 2.24) is 0 Å². The maximum absolute atomic E-state index is 13.7. The number of Topliss-reactive ketones (excluding diaryl/α,β-unsaturated/α-hetero) is 3. The maximum Gasteiger partial charge on any atom is 0.264 e. The molecule has 0 radical (unpaired) electrons. The van der Waals surface area contributed by atoms with E-state index < -0.39 is 22.5 Å². The average molecular weight is 457 g/mol. The molecule has 0 fully saturated rings. The average Bonchev–Trinajstić information content (AvgIpc) is 3.18. The van der Waals surface area contributed by atoms with Crippen LogP contribution in [0.2, 0.25) is 0 Å². The van der Waals surface area contributed by atoms with E-state index >= 15 is 0 Å². The van der Waals surface area contributed by atoms with Crippen LogP contribution in [0.25, 0.3) is 0 Å². The molecule has 178 valence electrons. The number of aromatic hydroxyl groups is 2. The van der Waals surface area contributed by atoms with Crippen LogP contribution in [0.5, 0.6) is 17.2 Å². The van der Waals surface area contributed by atoms with Crippen LogP contribution in [0.3, 0.4) is 0 Å². The first-order valence-corrected chi connectivity index (χ1v) is 11.4. The van der Waals surface area contributed by atoms with Gasteiger partial charge in [-0.1, -0.05) is 27.7 Å². The lowest BCUT2D eigenvalue weighted by Gasteiger charge is -2.38. The van der Waals surface area contributed by atoms with Gasteiger partial charge in [-0.15, -0.1) is 0 Å². The molecule has 0 amide bonds. The van der Waals surface area contributed by atoms with Crippen molar-refractivity contribution in [2.45, 2.75) is 73.5 Å². The Bertz CT molecular complexity index is 1140. The quantitative estimate of drug-likeness (QED) is 0.501. The minimum Gasteiger partial charge on any atom is -0.507 e. The summed E-state index contributed by atoms with van der Waals surface area (Å²) in [6, 6.07) is 1.12. The zero-order valence-corrected chi connectivity index (χ0v) is 20.5. The normalized spacial score (nSPS) is 26.8. The number of fused-ring (bicyclic) bond motifs is 4. The van der Waals surface area contributed by atoms with Gasteiger partial charge in [0.05, 0.1) is 22.0 Å². The number of rotatable bonds is 4. The van der Waals surface area contributed by atoms with Crippen molar-refractivity contribution in [3.05, 3.63) is 28.5 Å². The summed E-state index contributed by atoms with van der Waals surface area (Å²) < 4.78 is 12.7. The van der Waals surface area contributed by atoms with Crippen molar-refractivity contribution in [2.24, 2.45) is 22.7 Å². The van der Waals surface area contributed by atoms with Crippen LogP contribution in [0.1, 0.15) is 83.7 Å². The molecule has 7 nitrogen and oxygen atoms in total. The molecule has 1 aromatic rings. The van der Waals surface area contributed by atoms with Gasteiger partial charge < -0.3 is 19.7 Å². The molecule has 4 rings (SSSR count). The van der Waals surface area contributed by atoms with E-state index in [0.29, 0.717) is 5.57 Å². The van der Waals surface area contributed by atoms with Crippen molar-refractivity contribution < 1.29 is 34.1 Å². The molecule has 33 heavy (non-hydrogen) atoms. The topological polar surface area (TPSA) is 110 Å². The highest BCUT2D eigenvalue weighted by Gasteiger charge is 2.69. The summed E-state index contributed by atoms with van der Waals surface area (Å²) in [7, 11) is 0. The molecule has 0 bridgehead atoms. The molecular weight excluding hydrogens is 424 g/mol. The standard InChI is InChI=1S/C26H32O7/c1-11(2)9-13(27)16-14(28)10-15(29)17-19-18-21(30)24(5,6)23(31)25(7,8)22(18)33-26(19,12(3)4)32-20(16)17/h10-12,19,28-29H,9H2,1-8H3/t19-,26-/m1/s1. The lowest BCUT2D eigenvalue weighted by Crippen LogP contribution is -2.48. The number of hydrogen-bond donors (Lipinski definition) is 2. The minimum absolute atomic E-state index is 0.0190. The highest BCUT2D eigenvalue weighted by molar-refractivity contribution is 6.20. The van der Waals surface area contributed by atoms with E-state index in [1.54, 1.807) is 27.7 Å². The summed E-state index contributed by atoms with van der Waals surface area (Å²) in [5.41, 5.74) is -1.85. The van der Waals surface area contributed by atoms with Crippen LogP contribution in [0.15, 0.2) is 17.4 Å². The van der Waals surface area contributed by atoms with E-state index in [2.05, 4.69) is 0 Å². The molecule has 0 spiro atoms. The Labute approximate surface area is 193 Å². The molecule has 2 N–H and O–H groups in total. The fourth-order valence-electron chi connectivity index (χ4n) is 5.56. The molecule has 3 aliphatic rings. The van der Waals surface area contributed by atoms with Gasteiger partial charge in [0.25, 0.3) is 5.79 Å². The third-order valence-corrected chi connectivity index (χ3v) is 7.22. The van der Waals surface area contributed by atoms with E-state index in [4.69, 9.17) is 9.47 Å². The summed E-state index contributed by atoms with van der Waals surface area (Å²) in [6.45, 7) is 14.1. The van der Waals surface area contributed by atoms with E-state index in [-0.39, 0.29) is 69.7 Å². The number of carbonyl (C=O) groups excluding carboxylic acids is 3. The monoisotopic (exact) mass is 456 g/mol. The zero-order chi connectivity index (χ0) is 24.8. The number of allylic oxidation sites excluding steroid dienone is 1. The van der Waals surface area contributed by atoms with Gasteiger partial charge in [0, 0.05) is 18.4 Å². The molecule has 2 atom stereocenters. The summed E-state index contributed by atoms with van der Waals surface area (Å²) in [6.07, 6.45) is 0.176. The molecule has 1 aromatic carbocycles. The summed E-state index contributed by atoms with van der Waals surface area (Å²) in [4.78, 5) is 39.9. The SMILES string of the molecule is CC(C)CC(=O)c1c(O)cc(O)c2c1O[C@]1(C(C)C)OC3=C(C(=O)C(C)(C)C(=O)C3(C)C)[C@@H]21. The van der Waals surface area contributed by atoms with Crippen LogP contribution in [-0.2, 0) is 14.3 Å². The van der Waals surface area contributed by atoms with Crippen molar-refractivity contribution >= 4 is 17.3 Å². The van der Waals surface area contributed by atoms with Crippen LogP contribution in [-0.4, -0.2) is 33.3 Å². The van der Waals surface area contributed by atoms with Gasteiger partial charge in [-0.05, 0) is 33.6 Å². The van der Waals surface area contributed by atoms with Crippen molar-refractivity contribution in [1.29, 1.82) is 0 Å². The largest absolute Gasteiger partial charge is 0.507 e. The van der Waals surface area contributed by atoms with E-state index in [1.807, 2.05) is 27.7 Å². The maximum atomic E-state index is 13.7. The van der Waals surface area contributed by atoms with Gasteiger partial charge in [0.1, 0.15) is 34.5 Å². The van der Waals surface area contributed by atoms with Gasteiger partial charge in [-0.3, -0.25) is 14.4 Å². The molecule has 7 heteroatoms. The molecule has 2 aliphatic heterocycles. The fraction of sp³-hybridized carbons (Fsp3) is 0.577. The van der Waals surface area contributed by atoms with Gasteiger partial charge >= 0.3 is 0 Å². The fourth-order valence-corrected chi connectivity index (χ4v) is 5.56. The Morgan fingerprint density at radius 1 is 1.00 bits per heavy atom. The number of carbonyl (C=O) groups is 3. The third-order valence-electron chi connectivity index (χ3n) is 7.22. The van der Waals surface area contributed by atoms with Crippen LogP contribution in [0, 0.1) is 22.7 Å². The predicted molar refractivity (Wildman–Crippen MR) is 120 cm³/mol. The minimum atomic E-state index is -1.43.